The Labute approximate surface area is 161 Å². The maximum absolute atomic E-state index is 13.0. The van der Waals surface area contributed by atoms with Gasteiger partial charge in [0.25, 0.3) is 5.78 Å². The SMILES string of the molecule is CCc1cc(CN)cc(CC)c1C(=O)C(=O)N(C)N=C(CSC)C(F)(F)F. The molecule has 0 unspecified atom stereocenters. The predicted octanol–water partition coefficient (Wildman–Crippen LogP) is 3.19. The Hall–Kier alpha value is -1.87. The highest BCUT2D eigenvalue weighted by Crippen LogP contribution is 2.23. The van der Waals surface area contributed by atoms with Crippen molar-refractivity contribution in [2.45, 2.75) is 39.4 Å². The van der Waals surface area contributed by atoms with Gasteiger partial charge < -0.3 is 5.73 Å². The van der Waals surface area contributed by atoms with Crippen LogP contribution < -0.4 is 5.73 Å². The topological polar surface area (TPSA) is 75.8 Å². The molecular weight excluding hydrogens is 379 g/mol. The van der Waals surface area contributed by atoms with Crippen LogP contribution in [-0.2, 0) is 24.2 Å². The zero-order valence-corrected chi connectivity index (χ0v) is 16.6. The standard InChI is InChI=1S/C18H24F3N3O2S/c1-5-12-7-11(9-22)8-13(6-2)15(12)16(25)17(26)24(3)23-14(10-27-4)18(19,20)21/h7-8H,5-6,9-10,22H2,1-4H3. The Bertz CT molecular complexity index is 708. The van der Waals surface area contributed by atoms with Crippen LogP contribution in [0.5, 0.6) is 0 Å². The highest BCUT2D eigenvalue weighted by molar-refractivity contribution is 7.99. The molecule has 0 aliphatic heterocycles. The fraction of sp³-hybridized carbons (Fsp3) is 0.500. The molecular formula is C18H24F3N3O2S. The Morgan fingerprint density at radius 1 is 1.19 bits per heavy atom. The van der Waals surface area contributed by atoms with Gasteiger partial charge in [-0.2, -0.15) is 30.0 Å². The molecule has 0 aromatic heterocycles. The summed E-state index contributed by atoms with van der Waals surface area (Å²) in [5.41, 5.74) is 6.89. The number of amides is 1. The molecule has 0 fully saturated rings. The lowest BCUT2D eigenvalue weighted by Gasteiger charge is -2.18. The molecule has 1 aromatic carbocycles. The average molecular weight is 403 g/mol. The van der Waals surface area contributed by atoms with Gasteiger partial charge in [0.15, 0.2) is 5.71 Å². The number of nitrogens with two attached hydrogens (primary N) is 1. The second kappa shape index (κ2) is 9.89. The van der Waals surface area contributed by atoms with Crippen molar-refractivity contribution in [1.29, 1.82) is 0 Å². The lowest BCUT2D eigenvalue weighted by molar-refractivity contribution is -0.125. The van der Waals surface area contributed by atoms with Gasteiger partial charge in [0.05, 0.1) is 0 Å². The number of Topliss-reactive ketones (excluding diaryl/α,β-unsaturated/α-hetero) is 1. The van der Waals surface area contributed by atoms with E-state index in [0.717, 1.165) is 24.4 Å². The number of likely N-dealkylation sites (N-methyl/N-ethyl adjacent to an activating group) is 1. The van der Waals surface area contributed by atoms with E-state index in [1.165, 1.54) is 6.26 Å². The minimum atomic E-state index is -4.67. The summed E-state index contributed by atoms with van der Waals surface area (Å²) in [6.45, 7) is 3.95. The van der Waals surface area contributed by atoms with Crippen molar-refractivity contribution in [1.82, 2.24) is 5.01 Å². The number of hydrogen-bond acceptors (Lipinski definition) is 5. The zero-order valence-electron chi connectivity index (χ0n) is 15.8. The molecule has 0 radical (unpaired) electrons. The number of aryl methyl sites for hydroxylation is 2. The Balaban J connectivity index is 3.31. The van der Waals surface area contributed by atoms with E-state index in [1.54, 1.807) is 12.1 Å². The van der Waals surface area contributed by atoms with Crippen LogP contribution in [0.1, 0.15) is 40.9 Å². The van der Waals surface area contributed by atoms with Gasteiger partial charge in [-0.3, -0.25) is 9.59 Å². The number of carbonyl (C=O) groups is 2. The Morgan fingerprint density at radius 2 is 1.70 bits per heavy atom. The van der Waals surface area contributed by atoms with Crippen molar-refractivity contribution >= 4 is 29.2 Å². The molecule has 0 aliphatic rings. The second-order valence-electron chi connectivity index (χ2n) is 5.84. The molecule has 150 valence electrons. The lowest BCUT2D eigenvalue weighted by Crippen LogP contribution is -2.35. The van der Waals surface area contributed by atoms with Crippen LogP contribution in [0.2, 0.25) is 0 Å². The molecule has 0 atom stereocenters. The molecule has 0 bridgehead atoms. The molecule has 0 heterocycles. The normalized spacial score (nSPS) is 12.2. The summed E-state index contributed by atoms with van der Waals surface area (Å²) in [7, 11) is 1.05. The first-order chi connectivity index (χ1) is 12.6. The van der Waals surface area contributed by atoms with Gasteiger partial charge in [0, 0.05) is 24.9 Å². The molecule has 0 aliphatic carbocycles. The van der Waals surface area contributed by atoms with Crippen molar-refractivity contribution in [2.75, 3.05) is 19.1 Å². The highest BCUT2D eigenvalue weighted by Gasteiger charge is 2.36. The zero-order chi connectivity index (χ0) is 20.8. The van der Waals surface area contributed by atoms with Gasteiger partial charge in [-0.1, -0.05) is 26.0 Å². The summed E-state index contributed by atoms with van der Waals surface area (Å²) in [5.74, 6) is -2.40. The summed E-state index contributed by atoms with van der Waals surface area (Å²) >= 11 is 0.926. The summed E-state index contributed by atoms with van der Waals surface area (Å²) < 4.78 is 39.0. The first-order valence-corrected chi connectivity index (χ1v) is 9.80. The third kappa shape index (κ3) is 5.80. The molecule has 0 saturated carbocycles. The van der Waals surface area contributed by atoms with E-state index in [-0.39, 0.29) is 12.1 Å². The van der Waals surface area contributed by atoms with E-state index < -0.39 is 29.3 Å². The molecule has 1 rings (SSSR count). The number of carbonyl (C=O) groups excluding carboxylic acids is 2. The number of alkyl halides is 3. The molecule has 0 saturated heterocycles. The van der Waals surface area contributed by atoms with E-state index in [2.05, 4.69) is 5.10 Å². The minimum Gasteiger partial charge on any atom is -0.326 e. The van der Waals surface area contributed by atoms with Gasteiger partial charge in [-0.15, -0.1) is 0 Å². The summed E-state index contributed by atoms with van der Waals surface area (Å²) in [4.78, 5) is 25.2. The molecule has 9 heteroatoms. The van der Waals surface area contributed by atoms with E-state index in [0.29, 0.717) is 29.0 Å². The number of hydrazone groups is 1. The van der Waals surface area contributed by atoms with Gasteiger partial charge in [-0.05, 0) is 35.8 Å². The quantitative estimate of drug-likeness (QED) is 0.313. The van der Waals surface area contributed by atoms with Gasteiger partial charge in [0.2, 0.25) is 0 Å². The Kier molecular flexibility index (Phi) is 8.49. The average Bonchev–Trinajstić information content (AvgIpc) is 2.64. The van der Waals surface area contributed by atoms with E-state index in [4.69, 9.17) is 5.73 Å². The monoisotopic (exact) mass is 403 g/mol. The van der Waals surface area contributed by atoms with Crippen molar-refractivity contribution < 1.29 is 22.8 Å². The number of ketones is 1. The van der Waals surface area contributed by atoms with Gasteiger partial charge in [0.1, 0.15) is 0 Å². The van der Waals surface area contributed by atoms with Crippen LogP contribution in [-0.4, -0.2) is 47.6 Å². The summed E-state index contributed by atoms with van der Waals surface area (Å²) in [6.07, 6.45) is -2.20. The van der Waals surface area contributed by atoms with Crippen molar-refractivity contribution in [3.05, 3.63) is 34.4 Å². The van der Waals surface area contributed by atoms with E-state index in [1.807, 2.05) is 13.8 Å². The first-order valence-electron chi connectivity index (χ1n) is 8.41. The summed E-state index contributed by atoms with van der Waals surface area (Å²) in [5, 5.41) is 3.81. The fourth-order valence-electron chi connectivity index (χ4n) is 2.59. The number of rotatable bonds is 8. The first kappa shape index (κ1) is 23.2. The maximum Gasteiger partial charge on any atom is 0.432 e. The Morgan fingerprint density at radius 3 is 2.07 bits per heavy atom. The maximum atomic E-state index is 13.0. The van der Waals surface area contributed by atoms with Crippen LogP contribution >= 0.6 is 11.8 Å². The number of benzene rings is 1. The van der Waals surface area contributed by atoms with E-state index >= 15 is 0 Å². The molecule has 2 N–H and O–H groups in total. The van der Waals surface area contributed by atoms with Crippen LogP contribution in [0.15, 0.2) is 17.2 Å². The van der Waals surface area contributed by atoms with Gasteiger partial charge >= 0.3 is 12.1 Å². The third-order valence-corrected chi connectivity index (χ3v) is 4.52. The van der Waals surface area contributed by atoms with Crippen molar-refractivity contribution in [2.24, 2.45) is 10.8 Å². The number of thioether (sulfide) groups is 1. The molecule has 1 aromatic rings. The summed E-state index contributed by atoms with van der Waals surface area (Å²) in [6, 6.07) is 3.50. The fourth-order valence-corrected chi connectivity index (χ4v) is 3.09. The largest absolute Gasteiger partial charge is 0.432 e. The highest BCUT2D eigenvalue weighted by atomic mass is 32.2. The molecule has 0 spiro atoms. The number of nitrogens with zero attached hydrogens (tertiary/aromatic N) is 2. The smallest absolute Gasteiger partial charge is 0.326 e. The van der Waals surface area contributed by atoms with Crippen LogP contribution in [0.4, 0.5) is 13.2 Å². The predicted molar refractivity (Wildman–Crippen MR) is 102 cm³/mol. The molecule has 5 nitrogen and oxygen atoms in total. The second-order valence-corrected chi connectivity index (χ2v) is 6.70. The molecule has 1 amide bonds. The number of halogens is 3. The minimum absolute atomic E-state index is 0.225. The van der Waals surface area contributed by atoms with E-state index in [9.17, 15) is 22.8 Å². The lowest BCUT2D eigenvalue weighted by atomic mass is 9.91. The van der Waals surface area contributed by atoms with Crippen molar-refractivity contribution in [3.63, 3.8) is 0 Å². The molecule has 27 heavy (non-hydrogen) atoms. The van der Waals surface area contributed by atoms with Crippen LogP contribution in [0.3, 0.4) is 0 Å². The number of hydrogen-bond donors (Lipinski definition) is 1. The third-order valence-electron chi connectivity index (χ3n) is 3.95. The van der Waals surface area contributed by atoms with Crippen molar-refractivity contribution in [3.8, 4) is 0 Å². The van der Waals surface area contributed by atoms with Crippen LogP contribution in [0, 0.1) is 0 Å². The van der Waals surface area contributed by atoms with Gasteiger partial charge in [-0.25, -0.2) is 5.01 Å². The van der Waals surface area contributed by atoms with Crippen LogP contribution in [0.25, 0.3) is 0 Å².